The van der Waals surface area contributed by atoms with Crippen LogP contribution in [0.3, 0.4) is 0 Å². The van der Waals surface area contributed by atoms with E-state index in [4.69, 9.17) is 16.3 Å². The average Bonchev–Trinajstić information content (AvgIpc) is 2.49. The number of Topliss-reactive ketones (excluding diaryl/α,β-unsaturated/α-hetero) is 1. The van der Waals surface area contributed by atoms with E-state index in [0.29, 0.717) is 22.1 Å². The summed E-state index contributed by atoms with van der Waals surface area (Å²) in [5.74, 6) is 1.23. The third-order valence-corrected chi connectivity index (χ3v) is 3.58. The van der Waals surface area contributed by atoms with Gasteiger partial charge in [-0.1, -0.05) is 41.9 Å². The summed E-state index contributed by atoms with van der Waals surface area (Å²) in [6.45, 7) is 1.51. The Hall–Kier alpha value is -2.32. The maximum absolute atomic E-state index is 11.3. The van der Waals surface area contributed by atoms with Gasteiger partial charge in [0, 0.05) is 5.56 Å². The molecule has 0 atom stereocenters. The van der Waals surface area contributed by atoms with E-state index in [0.717, 1.165) is 10.8 Å². The van der Waals surface area contributed by atoms with Crippen LogP contribution in [0.4, 0.5) is 0 Å². The number of ketones is 1. The molecule has 21 heavy (non-hydrogen) atoms. The van der Waals surface area contributed by atoms with Crippen molar-refractivity contribution in [2.45, 2.75) is 6.92 Å². The highest BCUT2D eigenvalue weighted by atomic mass is 35.5. The van der Waals surface area contributed by atoms with Crippen LogP contribution in [0.2, 0.25) is 5.02 Å². The van der Waals surface area contributed by atoms with Crippen LogP contribution in [0.1, 0.15) is 17.3 Å². The molecule has 0 saturated heterocycles. The van der Waals surface area contributed by atoms with Gasteiger partial charge in [-0.15, -0.1) is 0 Å². The Balaban J connectivity index is 1.93. The number of fused-ring (bicyclic) bond motifs is 1. The zero-order chi connectivity index (χ0) is 14.8. The van der Waals surface area contributed by atoms with Crippen molar-refractivity contribution in [3.05, 3.63) is 71.2 Å². The highest BCUT2D eigenvalue weighted by Gasteiger charge is 2.07. The maximum atomic E-state index is 11.3. The van der Waals surface area contributed by atoms with Gasteiger partial charge in [-0.25, -0.2) is 0 Å². The van der Waals surface area contributed by atoms with Crippen LogP contribution in [0, 0.1) is 0 Å². The fourth-order valence-corrected chi connectivity index (χ4v) is 2.38. The quantitative estimate of drug-likeness (QED) is 0.598. The van der Waals surface area contributed by atoms with Gasteiger partial charge in [0.25, 0.3) is 0 Å². The van der Waals surface area contributed by atoms with Gasteiger partial charge >= 0.3 is 0 Å². The second kappa shape index (κ2) is 5.58. The molecule has 0 fully saturated rings. The molecule has 0 heterocycles. The lowest BCUT2D eigenvalue weighted by molar-refractivity contribution is 0.101. The molecular formula is C18H13ClO2. The SMILES string of the molecule is CC(=O)c1ccc(Oc2ccc3ccccc3c2)c(Cl)c1. The summed E-state index contributed by atoms with van der Waals surface area (Å²) in [5, 5.41) is 2.69. The number of carbonyl (C=O) groups is 1. The first-order valence-electron chi connectivity index (χ1n) is 6.60. The molecule has 3 aromatic rings. The van der Waals surface area contributed by atoms with Crippen molar-refractivity contribution in [3.8, 4) is 11.5 Å². The van der Waals surface area contributed by atoms with Gasteiger partial charge in [-0.2, -0.15) is 0 Å². The molecular weight excluding hydrogens is 284 g/mol. The summed E-state index contributed by atoms with van der Waals surface area (Å²) in [5.41, 5.74) is 0.575. The van der Waals surface area contributed by atoms with E-state index in [2.05, 4.69) is 0 Å². The molecule has 0 saturated carbocycles. The topological polar surface area (TPSA) is 26.3 Å². The van der Waals surface area contributed by atoms with E-state index in [1.54, 1.807) is 18.2 Å². The van der Waals surface area contributed by atoms with Gasteiger partial charge in [0.15, 0.2) is 5.78 Å². The molecule has 3 aromatic carbocycles. The number of rotatable bonds is 3. The molecule has 0 aliphatic carbocycles. The Labute approximate surface area is 127 Å². The van der Waals surface area contributed by atoms with E-state index >= 15 is 0 Å². The normalized spacial score (nSPS) is 10.6. The van der Waals surface area contributed by atoms with Crippen LogP contribution in [0.5, 0.6) is 11.5 Å². The summed E-state index contributed by atoms with van der Waals surface area (Å²) in [6, 6.07) is 19.0. The third-order valence-electron chi connectivity index (χ3n) is 3.29. The van der Waals surface area contributed by atoms with Crippen LogP contribution in [-0.2, 0) is 0 Å². The summed E-state index contributed by atoms with van der Waals surface area (Å²) < 4.78 is 5.81. The van der Waals surface area contributed by atoms with E-state index in [-0.39, 0.29) is 5.78 Å². The number of carbonyl (C=O) groups excluding carboxylic acids is 1. The fourth-order valence-electron chi connectivity index (χ4n) is 2.16. The molecule has 0 amide bonds. The standard InChI is InChI=1S/C18H13ClO2/c1-12(20)14-7-9-18(17(19)11-14)21-16-8-6-13-4-2-3-5-15(13)10-16/h2-11H,1H3. The Kier molecular flexibility index (Phi) is 3.63. The van der Waals surface area contributed by atoms with Crippen molar-refractivity contribution in [1.29, 1.82) is 0 Å². The minimum absolute atomic E-state index is 0.0193. The summed E-state index contributed by atoms with van der Waals surface area (Å²) >= 11 is 6.16. The molecule has 0 aliphatic rings. The first kappa shape index (κ1) is 13.7. The van der Waals surface area contributed by atoms with Crippen LogP contribution < -0.4 is 4.74 Å². The maximum Gasteiger partial charge on any atom is 0.159 e. The Morgan fingerprint density at radius 3 is 2.43 bits per heavy atom. The van der Waals surface area contributed by atoms with Crippen LogP contribution >= 0.6 is 11.6 Å². The van der Waals surface area contributed by atoms with Gasteiger partial charge in [0.05, 0.1) is 5.02 Å². The Morgan fingerprint density at radius 1 is 0.952 bits per heavy atom. The minimum Gasteiger partial charge on any atom is -0.456 e. The second-order valence-electron chi connectivity index (χ2n) is 4.81. The number of halogens is 1. The first-order chi connectivity index (χ1) is 10.1. The Bertz CT molecular complexity index is 824. The van der Waals surface area contributed by atoms with Crippen molar-refractivity contribution >= 4 is 28.2 Å². The molecule has 3 heteroatoms. The molecule has 0 radical (unpaired) electrons. The van der Waals surface area contributed by atoms with Gasteiger partial charge < -0.3 is 4.74 Å². The number of hydrogen-bond acceptors (Lipinski definition) is 2. The van der Waals surface area contributed by atoms with Gasteiger partial charge in [0.1, 0.15) is 11.5 Å². The average molecular weight is 297 g/mol. The first-order valence-corrected chi connectivity index (χ1v) is 6.98. The monoisotopic (exact) mass is 296 g/mol. The minimum atomic E-state index is -0.0193. The largest absolute Gasteiger partial charge is 0.456 e. The Morgan fingerprint density at radius 2 is 1.71 bits per heavy atom. The second-order valence-corrected chi connectivity index (χ2v) is 5.22. The van der Waals surface area contributed by atoms with E-state index in [9.17, 15) is 4.79 Å². The number of ether oxygens (including phenoxy) is 1. The van der Waals surface area contributed by atoms with E-state index in [1.807, 2.05) is 42.5 Å². The highest BCUT2D eigenvalue weighted by molar-refractivity contribution is 6.32. The van der Waals surface area contributed by atoms with E-state index in [1.165, 1.54) is 6.92 Å². The lowest BCUT2D eigenvalue weighted by Gasteiger charge is -2.09. The molecule has 0 aliphatic heterocycles. The summed E-state index contributed by atoms with van der Waals surface area (Å²) in [7, 11) is 0. The van der Waals surface area contributed by atoms with Crippen molar-refractivity contribution in [1.82, 2.24) is 0 Å². The fraction of sp³-hybridized carbons (Fsp3) is 0.0556. The van der Waals surface area contributed by atoms with Gasteiger partial charge in [-0.3, -0.25) is 4.79 Å². The zero-order valence-electron chi connectivity index (χ0n) is 11.5. The molecule has 3 rings (SSSR count). The van der Waals surface area contributed by atoms with Gasteiger partial charge in [-0.05, 0) is 48.0 Å². The van der Waals surface area contributed by atoms with Crippen molar-refractivity contribution in [3.63, 3.8) is 0 Å². The van der Waals surface area contributed by atoms with Crippen LogP contribution in [0.25, 0.3) is 10.8 Å². The highest BCUT2D eigenvalue weighted by Crippen LogP contribution is 2.31. The van der Waals surface area contributed by atoms with Crippen LogP contribution in [-0.4, -0.2) is 5.78 Å². The van der Waals surface area contributed by atoms with Crippen molar-refractivity contribution < 1.29 is 9.53 Å². The zero-order valence-corrected chi connectivity index (χ0v) is 12.2. The van der Waals surface area contributed by atoms with Crippen LogP contribution in [0.15, 0.2) is 60.7 Å². The van der Waals surface area contributed by atoms with Crippen molar-refractivity contribution in [2.24, 2.45) is 0 Å². The molecule has 0 spiro atoms. The molecule has 104 valence electrons. The molecule has 0 aromatic heterocycles. The number of benzene rings is 3. The molecule has 2 nitrogen and oxygen atoms in total. The predicted octanol–water partition coefficient (Wildman–Crippen LogP) is 5.49. The third kappa shape index (κ3) is 2.91. The summed E-state index contributed by atoms with van der Waals surface area (Å²) in [4.78, 5) is 11.3. The van der Waals surface area contributed by atoms with Crippen molar-refractivity contribution in [2.75, 3.05) is 0 Å². The lowest BCUT2D eigenvalue weighted by atomic mass is 10.1. The molecule has 0 unspecified atom stereocenters. The smallest absolute Gasteiger partial charge is 0.159 e. The van der Waals surface area contributed by atoms with Gasteiger partial charge in [0.2, 0.25) is 0 Å². The summed E-state index contributed by atoms with van der Waals surface area (Å²) in [6.07, 6.45) is 0. The van der Waals surface area contributed by atoms with E-state index < -0.39 is 0 Å². The number of hydrogen-bond donors (Lipinski definition) is 0. The molecule has 0 N–H and O–H groups in total. The molecule has 0 bridgehead atoms. The predicted molar refractivity (Wildman–Crippen MR) is 85.5 cm³/mol. The lowest BCUT2D eigenvalue weighted by Crippen LogP contribution is -1.93.